The molecule has 0 saturated carbocycles. The van der Waals surface area contributed by atoms with E-state index in [1.807, 2.05) is 0 Å². The molecule has 1 amide bonds. The lowest BCUT2D eigenvalue weighted by Gasteiger charge is -2.19. The third-order valence-corrected chi connectivity index (χ3v) is 2.94. The summed E-state index contributed by atoms with van der Waals surface area (Å²) in [5.74, 6) is 0.0351. The first-order valence-corrected chi connectivity index (χ1v) is 5.46. The normalized spacial score (nSPS) is 19.6. The van der Waals surface area contributed by atoms with Gasteiger partial charge in [0.2, 0.25) is 5.91 Å². The van der Waals surface area contributed by atoms with E-state index in [-0.39, 0.29) is 18.7 Å². The summed E-state index contributed by atoms with van der Waals surface area (Å²) in [6.07, 6.45) is 0.394. The zero-order chi connectivity index (χ0) is 14.2. The minimum absolute atomic E-state index is 0.0200. The lowest BCUT2D eigenvalue weighted by Crippen LogP contribution is -2.26. The monoisotopic (exact) mass is 271 g/mol. The van der Waals surface area contributed by atoms with E-state index in [4.69, 9.17) is 6.42 Å². The maximum Gasteiger partial charge on any atom is 0.419 e. The molecule has 0 radical (unpaired) electrons. The predicted octanol–water partition coefficient (Wildman–Crippen LogP) is 2.83. The second kappa shape index (κ2) is 4.57. The van der Waals surface area contributed by atoms with Crippen LogP contribution in [0.4, 0.5) is 23.2 Å². The number of amides is 1. The van der Waals surface area contributed by atoms with Gasteiger partial charge in [-0.15, -0.1) is 12.3 Å². The first-order valence-electron chi connectivity index (χ1n) is 5.46. The standard InChI is InChI=1S/C13H9F4NO/c1-2-8-6-11(19)18(7-8)10-5-3-4-9(12(10)14)13(15,16)17/h1,3-5,8H,6-7H2. The lowest BCUT2D eigenvalue weighted by atomic mass is 10.1. The van der Waals surface area contributed by atoms with Crippen LogP contribution < -0.4 is 4.90 Å². The topological polar surface area (TPSA) is 20.3 Å². The van der Waals surface area contributed by atoms with Crippen molar-refractivity contribution < 1.29 is 22.4 Å². The molecular formula is C13H9F4NO. The summed E-state index contributed by atoms with van der Waals surface area (Å²) in [4.78, 5) is 12.6. The molecule has 100 valence electrons. The van der Waals surface area contributed by atoms with E-state index >= 15 is 0 Å². The first kappa shape index (κ1) is 13.4. The number of carbonyl (C=O) groups is 1. The van der Waals surface area contributed by atoms with Gasteiger partial charge in [0.05, 0.1) is 11.3 Å². The molecule has 1 aromatic rings. The SMILES string of the molecule is C#CC1CC(=O)N(c2cccc(C(F)(F)F)c2F)C1. The molecule has 2 nitrogen and oxygen atoms in total. The Labute approximate surface area is 107 Å². The highest BCUT2D eigenvalue weighted by Crippen LogP contribution is 2.36. The number of nitrogens with zero attached hydrogens (tertiary/aromatic N) is 1. The summed E-state index contributed by atoms with van der Waals surface area (Å²) in [6, 6.07) is 2.84. The summed E-state index contributed by atoms with van der Waals surface area (Å²) in [5.41, 5.74) is -1.76. The molecule has 0 aromatic heterocycles. The van der Waals surface area contributed by atoms with Gasteiger partial charge < -0.3 is 4.90 Å². The summed E-state index contributed by atoms with van der Waals surface area (Å²) < 4.78 is 51.6. The summed E-state index contributed by atoms with van der Waals surface area (Å²) in [5, 5.41) is 0. The van der Waals surface area contributed by atoms with Gasteiger partial charge in [0.25, 0.3) is 0 Å². The van der Waals surface area contributed by atoms with E-state index in [1.165, 1.54) is 0 Å². The van der Waals surface area contributed by atoms with Crippen LogP contribution in [0.2, 0.25) is 0 Å². The smallest absolute Gasteiger partial charge is 0.308 e. The van der Waals surface area contributed by atoms with Crippen LogP contribution in [0.1, 0.15) is 12.0 Å². The van der Waals surface area contributed by atoms with Crippen LogP contribution >= 0.6 is 0 Å². The zero-order valence-electron chi connectivity index (χ0n) is 9.67. The Morgan fingerprint density at radius 3 is 2.58 bits per heavy atom. The molecule has 0 bridgehead atoms. The highest BCUT2D eigenvalue weighted by molar-refractivity contribution is 5.96. The van der Waals surface area contributed by atoms with Gasteiger partial charge in [0.1, 0.15) is 0 Å². The molecule has 0 N–H and O–H groups in total. The van der Waals surface area contributed by atoms with Crippen LogP contribution in [0.3, 0.4) is 0 Å². The van der Waals surface area contributed by atoms with E-state index in [0.717, 1.165) is 17.0 Å². The van der Waals surface area contributed by atoms with E-state index < -0.39 is 29.4 Å². The van der Waals surface area contributed by atoms with Crippen molar-refractivity contribution in [2.24, 2.45) is 5.92 Å². The van der Waals surface area contributed by atoms with Gasteiger partial charge >= 0.3 is 6.18 Å². The van der Waals surface area contributed by atoms with E-state index in [1.54, 1.807) is 0 Å². The van der Waals surface area contributed by atoms with Crippen molar-refractivity contribution in [3.05, 3.63) is 29.6 Å². The molecule has 0 aliphatic carbocycles. The minimum atomic E-state index is -4.80. The highest BCUT2D eigenvalue weighted by atomic mass is 19.4. The fourth-order valence-electron chi connectivity index (χ4n) is 2.00. The molecular weight excluding hydrogens is 262 g/mol. The van der Waals surface area contributed by atoms with Crippen LogP contribution in [0.25, 0.3) is 0 Å². The van der Waals surface area contributed by atoms with E-state index in [0.29, 0.717) is 6.07 Å². The number of hydrogen-bond acceptors (Lipinski definition) is 1. The van der Waals surface area contributed by atoms with Gasteiger partial charge in [-0.25, -0.2) is 4.39 Å². The van der Waals surface area contributed by atoms with Gasteiger partial charge in [-0.3, -0.25) is 4.79 Å². The zero-order valence-corrected chi connectivity index (χ0v) is 9.67. The number of carbonyl (C=O) groups excluding carboxylic acids is 1. The molecule has 1 saturated heterocycles. The first-order chi connectivity index (χ1) is 8.84. The Balaban J connectivity index is 2.43. The Bertz CT molecular complexity index is 559. The summed E-state index contributed by atoms with van der Waals surface area (Å²) in [7, 11) is 0. The van der Waals surface area contributed by atoms with Gasteiger partial charge in [0.15, 0.2) is 5.82 Å². The van der Waals surface area contributed by atoms with Gasteiger partial charge in [-0.2, -0.15) is 13.2 Å². The van der Waals surface area contributed by atoms with Gasteiger partial charge in [0, 0.05) is 18.9 Å². The van der Waals surface area contributed by atoms with Crippen LogP contribution in [-0.4, -0.2) is 12.5 Å². The molecule has 19 heavy (non-hydrogen) atoms. The minimum Gasteiger partial charge on any atom is -0.308 e. The van der Waals surface area contributed by atoms with Crippen molar-refractivity contribution in [3.63, 3.8) is 0 Å². The fraction of sp³-hybridized carbons (Fsp3) is 0.308. The molecule has 1 aromatic carbocycles. The van der Waals surface area contributed by atoms with Crippen LogP contribution in [0.5, 0.6) is 0 Å². The second-order valence-corrected chi connectivity index (χ2v) is 4.21. The van der Waals surface area contributed by atoms with Crippen molar-refractivity contribution >= 4 is 11.6 Å². The Kier molecular flexibility index (Phi) is 3.23. The molecule has 1 atom stereocenters. The molecule has 1 aliphatic heterocycles. The molecule has 0 spiro atoms. The fourth-order valence-corrected chi connectivity index (χ4v) is 2.00. The number of alkyl halides is 3. The third-order valence-electron chi connectivity index (χ3n) is 2.94. The lowest BCUT2D eigenvalue weighted by molar-refractivity contribution is -0.140. The number of rotatable bonds is 1. The molecule has 1 unspecified atom stereocenters. The van der Waals surface area contributed by atoms with Crippen molar-refractivity contribution in [1.29, 1.82) is 0 Å². The number of benzene rings is 1. The van der Waals surface area contributed by atoms with Crippen molar-refractivity contribution in [1.82, 2.24) is 0 Å². The van der Waals surface area contributed by atoms with Gasteiger partial charge in [-0.05, 0) is 12.1 Å². The Morgan fingerprint density at radius 1 is 1.37 bits per heavy atom. The van der Waals surface area contributed by atoms with E-state index in [9.17, 15) is 22.4 Å². The average Bonchev–Trinajstić information content (AvgIpc) is 2.69. The van der Waals surface area contributed by atoms with Crippen LogP contribution in [0.15, 0.2) is 18.2 Å². The quantitative estimate of drug-likeness (QED) is 0.568. The molecule has 2 rings (SSSR count). The molecule has 1 fully saturated rings. The maximum absolute atomic E-state index is 13.9. The second-order valence-electron chi connectivity index (χ2n) is 4.21. The maximum atomic E-state index is 13.9. The average molecular weight is 271 g/mol. The number of anilines is 1. The van der Waals surface area contributed by atoms with Crippen molar-refractivity contribution in [2.45, 2.75) is 12.6 Å². The highest BCUT2D eigenvalue weighted by Gasteiger charge is 2.38. The van der Waals surface area contributed by atoms with Crippen molar-refractivity contribution in [2.75, 3.05) is 11.4 Å². The molecule has 1 heterocycles. The predicted molar refractivity (Wildman–Crippen MR) is 60.7 cm³/mol. The summed E-state index contributed by atoms with van der Waals surface area (Å²) >= 11 is 0. The molecule has 1 aliphatic rings. The van der Waals surface area contributed by atoms with E-state index in [2.05, 4.69) is 5.92 Å². The van der Waals surface area contributed by atoms with Crippen molar-refractivity contribution in [3.8, 4) is 12.3 Å². The number of halogens is 4. The number of hydrogen-bond donors (Lipinski definition) is 0. The summed E-state index contributed by atoms with van der Waals surface area (Å²) in [6.45, 7) is 0.0353. The third kappa shape index (κ3) is 2.41. The Hall–Kier alpha value is -2.03. The Morgan fingerprint density at radius 2 is 2.05 bits per heavy atom. The van der Waals surface area contributed by atoms with Crippen LogP contribution in [0, 0.1) is 24.1 Å². The number of terminal acetylenes is 1. The molecule has 6 heteroatoms. The van der Waals surface area contributed by atoms with Crippen LogP contribution in [-0.2, 0) is 11.0 Å². The van der Waals surface area contributed by atoms with Gasteiger partial charge in [-0.1, -0.05) is 6.07 Å². The largest absolute Gasteiger partial charge is 0.419 e.